The zero-order valence-corrected chi connectivity index (χ0v) is 11.9. The topological polar surface area (TPSA) is 66.6 Å². The molecule has 1 saturated heterocycles. The Labute approximate surface area is 123 Å². The Hall–Kier alpha value is -2.14. The molecule has 0 radical (unpaired) electrons. The lowest BCUT2D eigenvalue weighted by Gasteiger charge is -2.12. The van der Waals surface area contributed by atoms with Crippen LogP contribution in [-0.4, -0.2) is 34.0 Å². The van der Waals surface area contributed by atoms with E-state index in [-0.39, 0.29) is 11.8 Å². The van der Waals surface area contributed by atoms with Crippen LogP contribution in [0.1, 0.15) is 12.6 Å². The number of likely N-dealkylation sites (tertiary alicyclic amines) is 1. The summed E-state index contributed by atoms with van der Waals surface area (Å²) < 4.78 is 5.51. The summed E-state index contributed by atoms with van der Waals surface area (Å²) in [5.41, 5.74) is 1.79. The van der Waals surface area contributed by atoms with E-state index < -0.39 is 5.97 Å². The average molecular weight is 286 g/mol. The number of aromatic nitrogens is 1. The summed E-state index contributed by atoms with van der Waals surface area (Å²) in [6, 6.07) is 9.74. The first-order valence-electron chi connectivity index (χ1n) is 7.08. The van der Waals surface area contributed by atoms with Gasteiger partial charge in [-0.2, -0.15) is 0 Å². The van der Waals surface area contributed by atoms with E-state index in [1.54, 1.807) is 6.26 Å². The van der Waals surface area contributed by atoms with Crippen molar-refractivity contribution in [3.63, 3.8) is 0 Å². The van der Waals surface area contributed by atoms with Gasteiger partial charge in [0.2, 0.25) is 5.89 Å². The standard InChI is InChI=1S/C16H18N2O3/c1-11-7-18(9-14(11)16(19)20)8-13-10-21-15(17-13)12-5-3-2-4-6-12/h2-6,10-11,14H,7-9H2,1H3,(H,19,20)/t11-,14-/m1/s1. The highest BCUT2D eigenvalue weighted by atomic mass is 16.4. The first kappa shape index (κ1) is 13.8. The monoisotopic (exact) mass is 286 g/mol. The van der Waals surface area contributed by atoms with Crippen molar-refractivity contribution in [3.05, 3.63) is 42.3 Å². The second-order valence-corrected chi connectivity index (χ2v) is 5.63. The Bertz CT molecular complexity index is 623. The van der Waals surface area contributed by atoms with E-state index in [0.29, 0.717) is 19.0 Å². The van der Waals surface area contributed by atoms with E-state index in [4.69, 9.17) is 9.52 Å². The number of carbonyl (C=O) groups is 1. The average Bonchev–Trinajstić information content (AvgIpc) is 3.07. The van der Waals surface area contributed by atoms with Crippen molar-refractivity contribution in [2.75, 3.05) is 13.1 Å². The molecule has 5 heteroatoms. The van der Waals surface area contributed by atoms with Gasteiger partial charge in [-0.15, -0.1) is 0 Å². The highest BCUT2D eigenvalue weighted by Gasteiger charge is 2.34. The van der Waals surface area contributed by atoms with Gasteiger partial charge in [0.05, 0.1) is 11.6 Å². The molecule has 2 atom stereocenters. The number of nitrogens with zero attached hydrogens (tertiary/aromatic N) is 2. The van der Waals surface area contributed by atoms with Gasteiger partial charge in [0.1, 0.15) is 6.26 Å². The highest BCUT2D eigenvalue weighted by molar-refractivity contribution is 5.71. The number of aliphatic carboxylic acids is 1. The summed E-state index contributed by atoms with van der Waals surface area (Å²) in [6.45, 7) is 3.97. The number of oxazole rings is 1. The van der Waals surface area contributed by atoms with Crippen molar-refractivity contribution in [2.24, 2.45) is 11.8 Å². The smallest absolute Gasteiger partial charge is 0.308 e. The molecule has 1 fully saturated rings. The summed E-state index contributed by atoms with van der Waals surface area (Å²) in [5.74, 6) is -0.226. The van der Waals surface area contributed by atoms with Gasteiger partial charge in [-0.05, 0) is 18.1 Å². The molecule has 2 aromatic rings. The molecule has 0 spiro atoms. The minimum Gasteiger partial charge on any atom is -0.481 e. The Morgan fingerprint density at radius 3 is 2.81 bits per heavy atom. The van der Waals surface area contributed by atoms with Crippen LogP contribution in [0.5, 0.6) is 0 Å². The maximum Gasteiger partial charge on any atom is 0.308 e. The van der Waals surface area contributed by atoms with Crippen LogP contribution < -0.4 is 0 Å². The van der Waals surface area contributed by atoms with E-state index in [1.165, 1.54) is 0 Å². The van der Waals surface area contributed by atoms with Crippen molar-refractivity contribution in [2.45, 2.75) is 13.5 Å². The predicted octanol–water partition coefficient (Wildman–Crippen LogP) is 2.49. The van der Waals surface area contributed by atoms with E-state index in [2.05, 4.69) is 9.88 Å². The van der Waals surface area contributed by atoms with Crippen molar-refractivity contribution < 1.29 is 14.3 Å². The van der Waals surface area contributed by atoms with E-state index in [0.717, 1.165) is 17.8 Å². The molecule has 5 nitrogen and oxygen atoms in total. The van der Waals surface area contributed by atoms with Crippen LogP contribution in [0.15, 0.2) is 41.0 Å². The van der Waals surface area contributed by atoms with E-state index in [9.17, 15) is 4.79 Å². The minimum absolute atomic E-state index is 0.169. The summed E-state index contributed by atoms with van der Waals surface area (Å²) >= 11 is 0. The Kier molecular flexibility index (Phi) is 3.75. The summed E-state index contributed by atoms with van der Waals surface area (Å²) in [6.07, 6.45) is 1.65. The lowest BCUT2D eigenvalue weighted by atomic mass is 9.99. The fraction of sp³-hybridized carbons (Fsp3) is 0.375. The molecule has 0 unspecified atom stereocenters. The van der Waals surface area contributed by atoms with E-state index in [1.807, 2.05) is 37.3 Å². The van der Waals surface area contributed by atoms with Crippen molar-refractivity contribution >= 4 is 5.97 Å². The third-order valence-electron chi connectivity index (χ3n) is 3.96. The molecule has 0 amide bonds. The quantitative estimate of drug-likeness (QED) is 0.935. The van der Waals surface area contributed by atoms with Crippen molar-refractivity contribution in [3.8, 4) is 11.5 Å². The molecule has 1 aromatic heterocycles. The molecular formula is C16H18N2O3. The molecule has 1 aromatic carbocycles. The summed E-state index contributed by atoms with van der Waals surface area (Å²) in [7, 11) is 0. The van der Waals surface area contributed by atoms with Gasteiger partial charge in [-0.3, -0.25) is 9.69 Å². The second kappa shape index (κ2) is 5.69. The Morgan fingerprint density at radius 1 is 1.38 bits per heavy atom. The predicted molar refractivity (Wildman–Crippen MR) is 77.5 cm³/mol. The number of benzene rings is 1. The van der Waals surface area contributed by atoms with Gasteiger partial charge >= 0.3 is 5.97 Å². The normalized spacial score (nSPS) is 22.5. The van der Waals surface area contributed by atoms with Gasteiger partial charge in [-0.25, -0.2) is 4.98 Å². The molecule has 21 heavy (non-hydrogen) atoms. The van der Waals surface area contributed by atoms with Crippen LogP contribution in [0.3, 0.4) is 0 Å². The number of hydrogen-bond acceptors (Lipinski definition) is 4. The lowest BCUT2D eigenvalue weighted by molar-refractivity contribution is -0.142. The molecule has 0 saturated carbocycles. The van der Waals surface area contributed by atoms with Gasteiger partial charge < -0.3 is 9.52 Å². The third-order valence-corrected chi connectivity index (χ3v) is 3.96. The van der Waals surface area contributed by atoms with E-state index >= 15 is 0 Å². The highest BCUT2D eigenvalue weighted by Crippen LogP contribution is 2.25. The molecule has 1 aliphatic heterocycles. The fourth-order valence-electron chi connectivity index (χ4n) is 2.84. The van der Waals surface area contributed by atoms with Gasteiger partial charge in [0, 0.05) is 25.2 Å². The lowest BCUT2D eigenvalue weighted by Crippen LogP contribution is -2.23. The van der Waals surface area contributed by atoms with Crippen LogP contribution in [0.2, 0.25) is 0 Å². The first-order chi connectivity index (χ1) is 10.1. The summed E-state index contributed by atoms with van der Waals surface area (Å²) in [4.78, 5) is 17.7. The van der Waals surface area contributed by atoms with Gasteiger partial charge in [0.15, 0.2) is 0 Å². The number of rotatable bonds is 4. The largest absolute Gasteiger partial charge is 0.481 e. The first-order valence-corrected chi connectivity index (χ1v) is 7.08. The maximum absolute atomic E-state index is 11.1. The van der Waals surface area contributed by atoms with Gasteiger partial charge in [-0.1, -0.05) is 25.1 Å². The number of carboxylic acids is 1. The SMILES string of the molecule is C[C@@H]1CN(Cc2coc(-c3ccccc3)n2)C[C@H]1C(=O)O. The van der Waals surface area contributed by atoms with Gasteiger partial charge in [0.25, 0.3) is 0 Å². The number of carboxylic acid groups (broad SMARTS) is 1. The van der Waals surface area contributed by atoms with Crippen molar-refractivity contribution in [1.29, 1.82) is 0 Å². The third kappa shape index (κ3) is 2.97. The molecular weight excluding hydrogens is 268 g/mol. The van der Waals surface area contributed by atoms with Crippen LogP contribution in [-0.2, 0) is 11.3 Å². The molecule has 1 aliphatic rings. The second-order valence-electron chi connectivity index (χ2n) is 5.63. The molecule has 1 N–H and O–H groups in total. The van der Waals surface area contributed by atoms with Crippen LogP contribution in [0, 0.1) is 11.8 Å². The zero-order valence-electron chi connectivity index (χ0n) is 11.9. The van der Waals surface area contributed by atoms with Crippen LogP contribution >= 0.6 is 0 Å². The molecule has 0 aliphatic carbocycles. The van der Waals surface area contributed by atoms with Crippen molar-refractivity contribution in [1.82, 2.24) is 9.88 Å². The molecule has 2 heterocycles. The number of hydrogen-bond donors (Lipinski definition) is 1. The maximum atomic E-state index is 11.1. The zero-order chi connectivity index (χ0) is 14.8. The van der Waals surface area contributed by atoms with Crippen LogP contribution in [0.25, 0.3) is 11.5 Å². The Morgan fingerprint density at radius 2 is 2.14 bits per heavy atom. The molecule has 110 valence electrons. The van der Waals surface area contributed by atoms with Crippen LogP contribution in [0.4, 0.5) is 0 Å². The Balaban J connectivity index is 1.67. The summed E-state index contributed by atoms with van der Waals surface area (Å²) in [5, 5.41) is 9.16. The molecule has 0 bridgehead atoms. The fourth-order valence-corrected chi connectivity index (χ4v) is 2.84. The molecule has 3 rings (SSSR count). The minimum atomic E-state index is -0.713.